The van der Waals surface area contributed by atoms with E-state index in [2.05, 4.69) is 136 Å². The van der Waals surface area contributed by atoms with Crippen LogP contribution in [0.3, 0.4) is 0 Å². The number of hydrogen-bond donors (Lipinski definition) is 0. The van der Waals surface area contributed by atoms with Crippen molar-refractivity contribution in [3.63, 3.8) is 0 Å². The van der Waals surface area contributed by atoms with E-state index in [9.17, 15) is 0 Å². The van der Waals surface area contributed by atoms with Gasteiger partial charge in [0.1, 0.15) is 0 Å². The van der Waals surface area contributed by atoms with Gasteiger partial charge in [-0.1, -0.05) is 115 Å². The second-order valence-corrected chi connectivity index (χ2v) is 15.4. The number of hydrogen-bond acceptors (Lipinski definition) is 4. The van der Waals surface area contributed by atoms with Crippen molar-refractivity contribution in [2.75, 3.05) is 0 Å². The van der Waals surface area contributed by atoms with Gasteiger partial charge < -0.3 is 8.97 Å². The first kappa shape index (κ1) is 29.3. The van der Waals surface area contributed by atoms with Crippen molar-refractivity contribution in [1.29, 1.82) is 0 Å². The highest BCUT2D eigenvalue weighted by molar-refractivity contribution is 7.26. The first-order valence-corrected chi connectivity index (χ1v) is 19.4. The molecule has 0 amide bonds. The highest BCUT2D eigenvalue weighted by Crippen LogP contribution is 2.50. The van der Waals surface area contributed by atoms with E-state index in [0.29, 0.717) is 17.5 Å². The molecule has 5 heterocycles. The summed E-state index contributed by atoms with van der Waals surface area (Å²) in [6, 6.07) is 58.5. The predicted octanol–water partition coefficient (Wildman–Crippen LogP) is 12.9. The Labute approximate surface area is 317 Å². The molecule has 5 nitrogen and oxygen atoms in total. The molecule has 55 heavy (non-hydrogen) atoms. The lowest BCUT2D eigenvalue weighted by Crippen LogP contribution is -2.01. The van der Waals surface area contributed by atoms with Crippen LogP contribution in [0.4, 0.5) is 0 Å². The van der Waals surface area contributed by atoms with E-state index >= 15 is 0 Å². The summed E-state index contributed by atoms with van der Waals surface area (Å²) in [5, 5.41) is 10.1. The van der Waals surface area contributed by atoms with Gasteiger partial charge in [-0.15, -0.1) is 11.3 Å². The van der Waals surface area contributed by atoms with Crippen molar-refractivity contribution >= 4 is 91.4 Å². The molecular formula is C49H27N5S. The average Bonchev–Trinajstić information content (AvgIpc) is 3.88. The first-order chi connectivity index (χ1) is 27.3. The van der Waals surface area contributed by atoms with Crippen molar-refractivity contribution < 1.29 is 0 Å². The molecule has 0 aliphatic rings. The van der Waals surface area contributed by atoms with E-state index in [1.165, 1.54) is 69.3 Å². The lowest BCUT2D eigenvalue weighted by atomic mass is 10.0. The minimum Gasteiger partial charge on any atom is -0.309 e. The largest absolute Gasteiger partial charge is 0.309 e. The molecule has 254 valence electrons. The average molecular weight is 718 g/mol. The Hall–Kier alpha value is -7.15. The van der Waals surface area contributed by atoms with Gasteiger partial charge >= 0.3 is 0 Å². The van der Waals surface area contributed by atoms with E-state index in [0.717, 1.165) is 33.2 Å². The normalized spacial score (nSPS) is 12.4. The molecular weight excluding hydrogens is 691 g/mol. The Morgan fingerprint density at radius 1 is 0.364 bits per heavy atom. The summed E-state index contributed by atoms with van der Waals surface area (Å²) in [7, 11) is 0. The summed E-state index contributed by atoms with van der Waals surface area (Å²) < 4.78 is 7.66. The Balaban J connectivity index is 1.13. The number of benzene rings is 8. The van der Waals surface area contributed by atoms with Crippen molar-refractivity contribution in [2.24, 2.45) is 0 Å². The minimum absolute atomic E-state index is 0.650. The summed E-state index contributed by atoms with van der Waals surface area (Å²) in [4.78, 5) is 15.2. The maximum Gasteiger partial charge on any atom is 0.164 e. The number of aromatic nitrogens is 5. The van der Waals surface area contributed by atoms with E-state index in [1.54, 1.807) is 0 Å². The zero-order valence-electron chi connectivity index (χ0n) is 29.2. The number of rotatable bonds is 4. The number of fused-ring (bicyclic) bond motifs is 5. The number of thiophene rings is 1. The standard InChI is InChI=1S/C49H27N5S/c1-3-12-28(13-4-1)47-50-48(29-14-5-2-6-15-29)52-49(51-47)34-22-24-36(31-17-8-7-16-30(31)34)53-37-20-11-21-38-42(37)43-39(53)25-27-40-44(43)45-41(55-40)26-23-33-32-18-9-10-19-35(32)54(38)46(33)45/h1-27H. The van der Waals surface area contributed by atoms with Gasteiger partial charge in [-0.2, -0.15) is 0 Å². The Bertz CT molecular complexity index is 3590. The molecule has 8 aromatic carbocycles. The van der Waals surface area contributed by atoms with E-state index in [-0.39, 0.29) is 0 Å². The minimum atomic E-state index is 0.650. The molecule has 0 saturated carbocycles. The van der Waals surface area contributed by atoms with Crippen LogP contribution in [-0.4, -0.2) is 23.9 Å². The fraction of sp³-hybridized carbons (Fsp3) is 0. The highest BCUT2D eigenvalue weighted by atomic mass is 32.1. The van der Waals surface area contributed by atoms with Crippen LogP contribution in [0.25, 0.3) is 120 Å². The lowest BCUT2D eigenvalue weighted by molar-refractivity contribution is 1.08. The molecule has 0 atom stereocenters. The predicted molar refractivity (Wildman–Crippen MR) is 229 cm³/mol. The number of nitrogens with zero attached hydrogens (tertiary/aromatic N) is 5. The third-order valence-corrected chi connectivity index (χ3v) is 12.6. The molecule has 13 rings (SSSR count). The van der Waals surface area contributed by atoms with Crippen molar-refractivity contribution in [3.8, 4) is 39.9 Å². The van der Waals surface area contributed by atoms with Crippen LogP contribution in [0.15, 0.2) is 164 Å². The third-order valence-electron chi connectivity index (χ3n) is 11.5. The quantitative estimate of drug-likeness (QED) is 0.182. The molecule has 0 unspecified atom stereocenters. The second-order valence-electron chi connectivity index (χ2n) is 14.3. The van der Waals surface area contributed by atoms with Crippen molar-refractivity contribution in [2.45, 2.75) is 0 Å². The van der Waals surface area contributed by atoms with Gasteiger partial charge in [0.25, 0.3) is 0 Å². The van der Waals surface area contributed by atoms with E-state index < -0.39 is 0 Å². The molecule has 0 N–H and O–H groups in total. The summed E-state index contributed by atoms with van der Waals surface area (Å²) in [5.41, 5.74) is 10.2. The van der Waals surface area contributed by atoms with Crippen molar-refractivity contribution in [1.82, 2.24) is 23.9 Å². The van der Waals surface area contributed by atoms with Crippen LogP contribution in [-0.2, 0) is 0 Å². The Morgan fingerprint density at radius 3 is 1.75 bits per heavy atom. The number of para-hydroxylation sites is 1. The second kappa shape index (κ2) is 10.7. The van der Waals surface area contributed by atoms with Gasteiger partial charge in [-0.25, -0.2) is 15.0 Å². The molecule has 6 heteroatoms. The zero-order chi connectivity index (χ0) is 35.8. The van der Waals surface area contributed by atoms with Crippen LogP contribution in [0.2, 0.25) is 0 Å². The molecule has 0 fully saturated rings. The first-order valence-electron chi connectivity index (χ1n) is 18.5. The van der Waals surface area contributed by atoms with Gasteiger partial charge in [0.15, 0.2) is 17.5 Å². The van der Waals surface area contributed by atoms with Crippen LogP contribution >= 0.6 is 11.3 Å². The monoisotopic (exact) mass is 717 g/mol. The molecule has 0 bridgehead atoms. The lowest BCUT2D eigenvalue weighted by Gasteiger charge is -2.15. The summed E-state index contributed by atoms with van der Waals surface area (Å²) >= 11 is 1.90. The van der Waals surface area contributed by atoms with Gasteiger partial charge in [-0.3, -0.25) is 0 Å². The van der Waals surface area contributed by atoms with Gasteiger partial charge in [-0.05, 0) is 53.9 Å². The Morgan fingerprint density at radius 2 is 0.964 bits per heavy atom. The van der Waals surface area contributed by atoms with Crippen LogP contribution in [0.1, 0.15) is 0 Å². The smallest absolute Gasteiger partial charge is 0.164 e. The zero-order valence-corrected chi connectivity index (χ0v) is 30.0. The maximum atomic E-state index is 5.12. The van der Waals surface area contributed by atoms with E-state index in [4.69, 9.17) is 15.0 Å². The van der Waals surface area contributed by atoms with E-state index in [1.807, 2.05) is 47.7 Å². The van der Waals surface area contributed by atoms with Crippen molar-refractivity contribution in [3.05, 3.63) is 164 Å². The fourth-order valence-corrected chi connectivity index (χ4v) is 10.3. The SMILES string of the molecule is c1ccc(-c2nc(-c3ccccc3)nc(-c3ccc(-n4c5ccc6sc7ccc8c9ccccc9n9c%10cccc4c%10c5c6c7c89)c4ccccc34)n2)cc1. The maximum absolute atomic E-state index is 5.12. The molecule has 5 aromatic heterocycles. The van der Waals surface area contributed by atoms with Gasteiger partial charge in [0.05, 0.1) is 33.3 Å². The molecule has 0 aliphatic heterocycles. The fourth-order valence-electron chi connectivity index (χ4n) is 9.23. The van der Waals surface area contributed by atoms with Crippen LogP contribution in [0.5, 0.6) is 0 Å². The Kier molecular flexibility index (Phi) is 5.71. The molecule has 13 aromatic rings. The van der Waals surface area contributed by atoms with Gasteiger partial charge in [0.2, 0.25) is 0 Å². The van der Waals surface area contributed by atoms with Gasteiger partial charge in [0, 0.05) is 63.8 Å². The summed E-state index contributed by atoms with van der Waals surface area (Å²) in [6.45, 7) is 0. The highest BCUT2D eigenvalue weighted by Gasteiger charge is 2.26. The summed E-state index contributed by atoms with van der Waals surface area (Å²) in [5.74, 6) is 1.96. The molecule has 0 saturated heterocycles. The van der Waals surface area contributed by atoms with Crippen LogP contribution in [0, 0.1) is 0 Å². The third kappa shape index (κ3) is 3.88. The van der Waals surface area contributed by atoms with Crippen LogP contribution < -0.4 is 0 Å². The molecule has 0 aliphatic carbocycles. The summed E-state index contributed by atoms with van der Waals surface area (Å²) in [6.07, 6.45) is 0. The molecule has 0 radical (unpaired) electrons. The topological polar surface area (TPSA) is 48.0 Å². The molecule has 0 spiro atoms.